The lowest BCUT2D eigenvalue weighted by Crippen LogP contribution is -2.87. The van der Waals surface area contributed by atoms with E-state index in [4.69, 9.17) is 9.15 Å². The summed E-state index contributed by atoms with van der Waals surface area (Å²) in [4.78, 5) is 25.7. The molecule has 2 aromatic rings. The molecule has 0 aliphatic carbocycles. The molecular formula is C18H24N3O4+. The number of nitrogens with two attached hydrogens (primary N) is 1. The maximum atomic E-state index is 12.2. The van der Waals surface area contributed by atoms with Gasteiger partial charge < -0.3 is 24.7 Å². The van der Waals surface area contributed by atoms with Gasteiger partial charge in [0.25, 0.3) is 5.91 Å². The lowest BCUT2D eigenvalue weighted by Gasteiger charge is -2.17. The lowest BCUT2D eigenvalue weighted by molar-refractivity contribution is -0.684. The second kappa shape index (κ2) is 8.89. The Balaban J connectivity index is 1.78. The number of hydrogen-bond donors (Lipinski definition) is 2. The van der Waals surface area contributed by atoms with Gasteiger partial charge >= 0.3 is 0 Å². The molecule has 2 amide bonds. The molecule has 0 unspecified atom stereocenters. The van der Waals surface area contributed by atoms with E-state index >= 15 is 0 Å². The third-order valence-electron chi connectivity index (χ3n) is 3.80. The Morgan fingerprint density at radius 2 is 2.12 bits per heavy atom. The number of quaternary nitrogens is 1. The predicted molar refractivity (Wildman–Crippen MR) is 93.2 cm³/mol. The van der Waals surface area contributed by atoms with E-state index in [1.54, 1.807) is 44.7 Å². The highest BCUT2D eigenvalue weighted by molar-refractivity contribution is 5.94. The molecular weight excluding hydrogens is 322 g/mol. The van der Waals surface area contributed by atoms with Crippen LogP contribution >= 0.6 is 0 Å². The smallest absolute Gasteiger partial charge is 0.277 e. The molecule has 7 nitrogen and oxygen atoms in total. The first-order chi connectivity index (χ1) is 12.0. The molecule has 0 aliphatic heterocycles. The van der Waals surface area contributed by atoms with Crippen molar-refractivity contribution in [3.8, 4) is 5.75 Å². The van der Waals surface area contributed by atoms with Crippen LogP contribution in [0.15, 0.2) is 47.1 Å². The van der Waals surface area contributed by atoms with E-state index in [9.17, 15) is 9.59 Å². The van der Waals surface area contributed by atoms with Gasteiger partial charge in [-0.05, 0) is 31.2 Å². The minimum absolute atomic E-state index is 0.0149. The molecule has 0 fully saturated rings. The third-order valence-corrected chi connectivity index (χ3v) is 3.80. The number of ether oxygens (including phenoxy) is 1. The first-order valence-corrected chi connectivity index (χ1v) is 8.04. The maximum absolute atomic E-state index is 12.2. The van der Waals surface area contributed by atoms with Gasteiger partial charge in [0.2, 0.25) is 5.91 Å². The van der Waals surface area contributed by atoms with Crippen LogP contribution in [0.1, 0.15) is 18.7 Å². The molecule has 0 bridgehead atoms. The molecule has 1 heterocycles. The van der Waals surface area contributed by atoms with E-state index in [2.05, 4.69) is 5.32 Å². The van der Waals surface area contributed by atoms with Gasteiger partial charge in [-0.25, -0.2) is 0 Å². The number of methoxy groups -OCH3 is 1. The normalized spacial score (nSPS) is 11.6. The van der Waals surface area contributed by atoms with Crippen molar-refractivity contribution in [1.29, 1.82) is 0 Å². The van der Waals surface area contributed by atoms with Crippen molar-refractivity contribution in [2.24, 2.45) is 0 Å². The van der Waals surface area contributed by atoms with Crippen molar-refractivity contribution in [2.75, 3.05) is 32.6 Å². The summed E-state index contributed by atoms with van der Waals surface area (Å²) < 4.78 is 10.4. The number of amides is 2. The fraction of sp³-hybridized carbons (Fsp3) is 0.333. The Morgan fingerprint density at radius 3 is 2.80 bits per heavy atom. The predicted octanol–water partition coefficient (Wildman–Crippen LogP) is 1.01. The molecule has 0 saturated heterocycles. The van der Waals surface area contributed by atoms with E-state index in [1.807, 2.05) is 24.4 Å². The number of carbonyl (C=O) groups excluding carboxylic acids is 2. The minimum atomic E-state index is -0.261. The second-order valence-electron chi connectivity index (χ2n) is 5.77. The zero-order valence-electron chi connectivity index (χ0n) is 14.7. The number of likely N-dealkylation sites (N-methyl/N-ethyl adjacent to an activating group) is 1. The standard InChI is InChI=1S/C18H23N3O4/c1-13(16-8-5-9-25-16)19-11-18(23)21(2)12-17(22)20-14-6-4-7-15(10-14)24-3/h4-10,13,19H,11-12H2,1-3H3,(H,20,22)/p+1/t13-/m0/s1. The Kier molecular flexibility index (Phi) is 6.59. The van der Waals surface area contributed by atoms with Crippen LogP contribution in [-0.2, 0) is 9.59 Å². The van der Waals surface area contributed by atoms with E-state index in [-0.39, 0.29) is 30.9 Å². The average Bonchev–Trinajstić information content (AvgIpc) is 3.14. The van der Waals surface area contributed by atoms with Crippen LogP contribution in [0.25, 0.3) is 0 Å². The summed E-state index contributed by atoms with van der Waals surface area (Å²) in [7, 11) is 3.17. The molecule has 1 atom stereocenters. The number of carbonyl (C=O) groups is 2. The summed E-state index contributed by atoms with van der Waals surface area (Å²) in [5, 5.41) is 4.62. The molecule has 3 N–H and O–H groups in total. The van der Waals surface area contributed by atoms with Crippen LogP contribution in [0.4, 0.5) is 5.69 Å². The molecule has 0 saturated carbocycles. The van der Waals surface area contributed by atoms with Gasteiger partial charge in [-0.1, -0.05) is 6.07 Å². The quantitative estimate of drug-likeness (QED) is 0.747. The van der Waals surface area contributed by atoms with Crippen LogP contribution < -0.4 is 15.4 Å². The van der Waals surface area contributed by atoms with Crippen LogP contribution in [0.2, 0.25) is 0 Å². The van der Waals surface area contributed by atoms with Gasteiger partial charge in [0.05, 0.1) is 19.9 Å². The SMILES string of the molecule is COc1cccc(NC(=O)CN(C)C(=O)C[NH2+][C@@H](C)c2ccco2)c1. The molecule has 1 aromatic heterocycles. The number of furan rings is 1. The maximum Gasteiger partial charge on any atom is 0.277 e. The van der Waals surface area contributed by atoms with Crippen molar-refractivity contribution in [1.82, 2.24) is 4.90 Å². The number of nitrogens with one attached hydrogen (secondary N) is 1. The van der Waals surface area contributed by atoms with E-state index < -0.39 is 0 Å². The van der Waals surface area contributed by atoms with Crippen LogP contribution in [0.3, 0.4) is 0 Å². The van der Waals surface area contributed by atoms with Crippen molar-refractivity contribution in [3.05, 3.63) is 48.4 Å². The number of anilines is 1. The Hall–Kier alpha value is -2.80. The van der Waals surface area contributed by atoms with E-state index in [0.717, 1.165) is 5.76 Å². The molecule has 0 radical (unpaired) electrons. The number of rotatable bonds is 8. The fourth-order valence-electron chi connectivity index (χ4n) is 2.30. The van der Waals surface area contributed by atoms with Crippen molar-refractivity contribution in [2.45, 2.75) is 13.0 Å². The van der Waals surface area contributed by atoms with E-state index in [0.29, 0.717) is 11.4 Å². The molecule has 25 heavy (non-hydrogen) atoms. The average molecular weight is 346 g/mol. The molecule has 1 aromatic carbocycles. The van der Waals surface area contributed by atoms with E-state index in [1.165, 1.54) is 4.90 Å². The highest BCUT2D eigenvalue weighted by Gasteiger charge is 2.18. The topological polar surface area (TPSA) is 88.4 Å². The highest BCUT2D eigenvalue weighted by atomic mass is 16.5. The van der Waals surface area contributed by atoms with Gasteiger partial charge in [-0.15, -0.1) is 0 Å². The first kappa shape index (κ1) is 18.5. The second-order valence-corrected chi connectivity index (χ2v) is 5.77. The first-order valence-electron chi connectivity index (χ1n) is 8.04. The Labute approximate surface area is 146 Å². The summed E-state index contributed by atoms with van der Waals surface area (Å²) in [6, 6.07) is 10.8. The molecule has 7 heteroatoms. The molecule has 2 rings (SSSR count). The van der Waals surface area contributed by atoms with Crippen LogP contribution in [0, 0.1) is 0 Å². The summed E-state index contributed by atoms with van der Waals surface area (Å²) >= 11 is 0. The molecule has 134 valence electrons. The summed E-state index contributed by atoms with van der Waals surface area (Å²) in [6.45, 7) is 2.19. The highest BCUT2D eigenvalue weighted by Crippen LogP contribution is 2.16. The van der Waals surface area contributed by atoms with Gasteiger partial charge in [-0.2, -0.15) is 0 Å². The summed E-state index contributed by atoms with van der Waals surface area (Å²) in [5.74, 6) is 1.08. The zero-order chi connectivity index (χ0) is 18.2. The largest absolute Gasteiger partial charge is 0.497 e. The van der Waals surface area contributed by atoms with Crippen molar-refractivity contribution in [3.63, 3.8) is 0 Å². The van der Waals surface area contributed by atoms with Gasteiger partial charge in [-0.3, -0.25) is 9.59 Å². The minimum Gasteiger partial charge on any atom is -0.497 e. The lowest BCUT2D eigenvalue weighted by atomic mass is 10.2. The molecule has 0 spiro atoms. The van der Waals surface area contributed by atoms with Crippen LogP contribution in [-0.4, -0.2) is 44.0 Å². The van der Waals surface area contributed by atoms with Gasteiger partial charge in [0.15, 0.2) is 12.3 Å². The van der Waals surface area contributed by atoms with Gasteiger partial charge in [0.1, 0.15) is 11.8 Å². The van der Waals surface area contributed by atoms with Crippen molar-refractivity contribution >= 4 is 17.5 Å². The Bertz CT molecular complexity index is 700. The summed E-state index contributed by atoms with van der Waals surface area (Å²) in [5.41, 5.74) is 0.628. The summed E-state index contributed by atoms with van der Waals surface area (Å²) in [6.07, 6.45) is 1.61. The molecule has 0 aliphatic rings. The zero-order valence-corrected chi connectivity index (χ0v) is 14.7. The number of nitrogens with zero attached hydrogens (tertiary/aromatic N) is 1. The number of hydrogen-bond acceptors (Lipinski definition) is 4. The monoisotopic (exact) mass is 346 g/mol. The fourth-order valence-corrected chi connectivity index (χ4v) is 2.30. The van der Waals surface area contributed by atoms with Crippen molar-refractivity contribution < 1.29 is 24.1 Å². The number of benzene rings is 1. The third kappa shape index (κ3) is 5.65. The van der Waals surface area contributed by atoms with Crippen LogP contribution in [0.5, 0.6) is 5.75 Å². The Morgan fingerprint density at radius 1 is 1.32 bits per heavy atom. The van der Waals surface area contributed by atoms with Gasteiger partial charge in [0, 0.05) is 18.8 Å².